The zero-order valence-corrected chi connectivity index (χ0v) is 22.9. The van der Waals surface area contributed by atoms with Crippen LogP contribution in [0.25, 0.3) is 5.69 Å². The number of carbonyl (C=O) groups excluding carboxylic acids is 2. The van der Waals surface area contributed by atoms with Crippen molar-refractivity contribution in [3.63, 3.8) is 0 Å². The van der Waals surface area contributed by atoms with Crippen LogP contribution in [0.1, 0.15) is 61.1 Å². The van der Waals surface area contributed by atoms with Gasteiger partial charge in [0.2, 0.25) is 0 Å². The molecule has 0 radical (unpaired) electrons. The molecule has 1 aliphatic heterocycles. The highest BCUT2D eigenvalue weighted by molar-refractivity contribution is 6.05. The summed E-state index contributed by atoms with van der Waals surface area (Å²) in [5.74, 6) is 0.899. The van der Waals surface area contributed by atoms with Gasteiger partial charge in [0.1, 0.15) is 17.1 Å². The molecule has 9 nitrogen and oxygen atoms in total. The predicted molar refractivity (Wildman–Crippen MR) is 146 cm³/mol. The Balaban J connectivity index is 1.63. The summed E-state index contributed by atoms with van der Waals surface area (Å²) in [6, 6.07) is 13.3. The lowest BCUT2D eigenvalue weighted by Gasteiger charge is -2.34. The van der Waals surface area contributed by atoms with Crippen LogP contribution in [0.4, 0.5) is 10.5 Å². The molecule has 0 aliphatic carbocycles. The molecule has 0 saturated carbocycles. The van der Waals surface area contributed by atoms with Crippen LogP contribution in [0.5, 0.6) is 11.5 Å². The molecule has 1 aliphatic rings. The minimum atomic E-state index is -0.550. The minimum absolute atomic E-state index is 0.0260. The monoisotopic (exact) mass is 520 g/mol. The van der Waals surface area contributed by atoms with Crippen molar-refractivity contribution in [3.8, 4) is 17.2 Å². The van der Waals surface area contributed by atoms with Gasteiger partial charge in [0, 0.05) is 42.9 Å². The third-order valence-corrected chi connectivity index (χ3v) is 6.47. The maximum Gasteiger partial charge on any atom is 0.410 e. The van der Waals surface area contributed by atoms with Gasteiger partial charge in [-0.3, -0.25) is 4.79 Å². The molecule has 38 heavy (non-hydrogen) atoms. The van der Waals surface area contributed by atoms with E-state index in [9.17, 15) is 9.59 Å². The molecule has 2 heterocycles. The summed E-state index contributed by atoms with van der Waals surface area (Å²) in [6.45, 7) is 8.68. The fourth-order valence-electron chi connectivity index (χ4n) is 4.56. The third kappa shape index (κ3) is 6.27. The fourth-order valence-corrected chi connectivity index (χ4v) is 4.56. The van der Waals surface area contributed by atoms with Crippen molar-refractivity contribution >= 4 is 17.7 Å². The molecular formula is C29H36N4O5. The highest BCUT2D eigenvalue weighted by atomic mass is 16.6. The molecule has 1 saturated heterocycles. The lowest BCUT2D eigenvalue weighted by atomic mass is 9.90. The zero-order valence-electron chi connectivity index (χ0n) is 22.9. The predicted octanol–water partition coefficient (Wildman–Crippen LogP) is 5.56. The molecule has 4 rings (SSSR count). The van der Waals surface area contributed by atoms with Gasteiger partial charge in [-0.1, -0.05) is 17.7 Å². The summed E-state index contributed by atoms with van der Waals surface area (Å²) < 4.78 is 18.1. The molecule has 0 atom stereocenters. The molecule has 1 fully saturated rings. The number of amides is 2. The zero-order chi connectivity index (χ0) is 27.4. The molecule has 0 bridgehead atoms. The van der Waals surface area contributed by atoms with Gasteiger partial charge in [0.25, 0.3) is 5.91 Å². The van der Waals surface area contributed by atoms with E-state index in [2.05, 4.69) is 10.4 Å². The molecule has 0 unspecified atom stereocenters. The van der Waals surface area contributed by atoms with Gasteiger partial charge in [-0.2, -0.15) is 5.10 Å². The Labute approximate surface area is 223 Å². The number of methoxy groups -OCH3 is 2. The van der Waals surface area contributed by atoms with Crippen LogP contribution in [-0.2, 0) is 4.74 Å². The van der Waals surface area contributed by atoms with Gasteiger partial charge in [-0.15, -0.1) is 0 Å². The molecule has 0 spiro atoms. The van der Waals surface area contributed by atoms with E-state index in [1.165, 1.54) is 0 Å². The van der Waals surface area contributed by atoms with Gasteiger partial charge < -0.3 is 24.4 Å². The van der Waals surface area contributed by atoms with E-state index in [-0.39, 0.29) is 17.9 Å². The van der Waals surface area contributed by atoms with E-state index >= 15 is 0 Å². The number of hydrogen-bond donors (Lipinski definition) is 1. The fraction of sp³-hybridized carbons (Fsp3) is 0.414. The number of nitrogens with zero attached hydrogens (tertiary/aromatic N) is 3. The van der Waals surface area contributed by atoms with E-state index in [0.717, 1.165) is 16.9 Å². The van der Waals surface area contributed by atoms with Gasteiger partial charge >= 0.3 is 6.09 Å². The first-order valence-corrected chi connectivity index (χ1v) is 12.7. The second kappa shape index (κ2) is 11.2. The Bertz CT molecular complexity index is 1260. The Morgan fingerprint density at radius 1 is 0.974 bits per heavy atom. The van der Waals surface area contributed by atoms with Crippen molar-refractivity contribution < 1.29 is 23.8 Å². The molecular weight excluding hydrogens is 484 g/mol. The van der Waals surface area contributed by atoms with Crippen molar-refractivity contribution in [1.29, 1.82) is 0 Å². The summed E-state index contributed by atoms with van der Waals surface area (Å²) in [4.78, 5) is 27.9. The summed E-state index contributed by atoms with van der Waals surface area (Å²) in [6.07, 6.45) is 2.67. The normalized spacial score (nSPS) is 14.2. The number of carbonyl (C=O) groups is 2. The number of aromatic nitrogens is 2. The van der Waals surface area contributed by atoms with Crippen LogP contribution in [0.15, 0.2) is 48.7 Å². The quantitative estimate of drug-likeness (QED) is 0.457. The lowest BCUT2D eigenvalue weighted by molar-refractivity contribution is 0.0203. The first kappa shape index (κ1) is 27.0. The Morgan fingerprint density at radius 2 is 1.58 bits per heavy atom. The number of piperidine rings is 1. The Hall–Kier alpha value is -4.01. The van der Waals surface area contributed by atoms with Crippen LogP contribution < -0.4 is 14.8 Å². The van der Waals surface area contributed by atoms with E-state index < -0.39 is 5.60 Å². The topological polar surface area (TPSA) is 94.9 Å². The van der Waals surface area contributed by atoms with Crippen LogP contribution in [-0.4, -0.2) is 59.6 Å². The molecule has 2 amide bonds. The van der Waals surface area contributed by atoms with Gasteiger partial charge in [0.05, 0.1) is 37.4 Å². The van der Waals surface area contributed by atoms with E-state index in [1.54, 1.807) is 43.5 Å². The number of hydrogen-bond acceptors (Lipinski definition) is 6. The maximum atomic E-state index is 13.6. The van der Waals surface area contributed by atoms with Crippen molar-refractivity contribution in [3.05, 3.63) is 65.5 Å². The largest absolute Gasteiger partial charge is 0.497 e. The maximum absolute atomic E-state index is 13.6. The SMILES string of the molecule is COc1cc(NC(=O)c2cnn(-c3ccc(C)cc3)c2C2CCN(C(=O)OC(C)(C)C)CC2)cc(OC)c1. The van der Waals surface area contributed by atoms with Crippen LogP contribution >= 0.6 is 0 Å². The molecule has 2 aromatic carbocycles. The summed E-state index contributed by atoms with van der Waals surface area (Å²) in [5, 5.41) is 7.60. The van der Waals surface area contributed by atoms with Crippen molar-refractivity contribution in [2.24, 2.45) is 0 Å². The van der Waals surface area contributed by atoms with Crippen molar-refractivity contribution in [2.75, 3.05) is 32.6 Å². The first-order chi connectivity index (χ1) is 18.1. The van der Waals surface area contributed by atoms with Crippen molar-refractivity contribution in [2.45, 2.75) is 52.1 Å². The third-order valence-electron chi connectivity index (χ3n) is 6.47. The van der Waals surface area contributed by atoms with Gasteiger partial charge in [-0.25, -0.2) is 9.48 Å². The number of benzene rings is 2. The van der Waals surface area contributed by atoms with Crippen LogP contribution in [0, 0.1) is 6.92 Å². The number of anilines is 1. The highest BCUT2D eigenvalue weighted by Gasteiger charge is 2.32. The van der Waals surface area contributed by atoms with Gasteiger partial charge in [-0.05, 0) is 52.7 Å². The van der Waals surface area contributed by atoms with E-state index in [0.29, 0.717) is 48.7 Å². The molecule has 202 valence electrons. The lowest BCUT2D eigenvalue weighted by Crippen LogP contribution is -2.41. The highest BCUT2D eigenvalue weighted by Crippen LogP contribution is 2.34. The molecule has 1 N–H and O–H groups in total. The Kier molecular flexibility index (Phi) is 7.94. The first-order valence-electron chi connectivity index (χ1n) is 12.7. The van der Waals surface area contributed by atoms with Crippen LogP contribution in [0.2, 0.25) is 0 Å². The second-order valence-electron chi connectivity index (χ2n) is 10.5. The number of ether oxygens (including phenoxy) is 3. The molecule has 3 aromatic rings. The number of rotatable bonds is 6. The average Bonchev–Trinajstić information content (AvgIpc) is 3.33. The Morgan fingerprint density at radius 3 is 2.13 bits per heavy atom. The second-order valence-corrected chi connectivity index (χ2v) is 10.5. The molecule has 9 heteroatoms. The average molecular weight is 521 g/mol. The summed E-state index contributed by atoms with van der Waals surface area (Å²) in [7, 11) is 3.13. The number of likely N-dealkylation sites (tertiary alicyclic amines) is 1. The van der Waals surface area contributed by atoms with Gasteiger partial charge in [0.15, 0.2) is 0 Å². The van der Waals surface area contributed by atoms with E-state index in [4.69, 9.17) is 14.2 Å². The summed E-state index contributed by atoms with van der Waals surface area (Å²) in [5.41, 5.74) is 3.33. The minimum Gasteiger partial charge on any atom is -0.497 e. The number of nitrogens with one attached hydrogen (secondary N) is 1. The molecule has 1 aromatic heterocycles. The summed E-state index contributed by atoms with van der Waals surface area (Å²) >= 11 is 0. The smallest absolute Gasteiger partial charge is 0.410 e. The van der Waals surface area contributed by atoms with E-state index in [1.807, 2.05) is 56.6 Å². The number of aryl methyl sites for hydroxylation is 1. The van der Waals surface area contributed by atoms with Crippen molar-refractivity contribution in [1.82, 2.24) is 14.7 Å². The van der Waals surface area contributed by atoms with Crippen LogP contribution in [0.3, 0.4) is 0 Å². The standard InChI is InChI=1S/C29H36N4O5/c1-19-7-9-22(10-8-19)33-26(20-11-13-32(14-12-20)28(35)38-29(2,3)4)25(18-30-33)27(34)31-21-15-23(36-5)17-24(16-21)37-6/h7-10,15-18,20H,11-14H2,1-6H3,(H,31,34).